The van der Waals surface area contributed by atoms with Crippen molar-refractivity contribution < 1.29 is 50.8 Å². The molecule has 2 aliphatic carbocycles. The third-order valence-electron chi connectivity index (χ3n) is 22.5. The van der Waals surface area contributed by atoms with Gasteiger partial charge in [-0.3, -0.25) is 19.2 Å². The van der Waals surface area contributed by atoms with Gasteiger partial charge in [-0.2, -0.15) is 0 Å². The van der Waals surface area contributed by atoms with E-state index >= 15 is 0 Å². The Bertz CT molecular complexity index is 2730. The van der Waals surface area contributed by atoms with Gasteiger partial charge in [-0.15, -0.1) is 11.3 Å². The van der Waals surface area contributed by atoms with Crippen molar-refractivity contribution in [2.24, 2.45) is 11.8 Å². The Morgan fingerprint density at radius 1 is 0.524 bits per heavy atom. The minimum atomic E-state index is -2.05. The number of Topliss-reactive ketones (excluding diaryl/α,β-unsaturated/α-hetero) is 2. The van der Waals surface area contributed by atoms with Gasteiger partial charge < -0.3 is 31.6 Å². The average Bonchev–Trinajstić information content (AvgIpc) is 1.68. The minimum absolute atomic E-state index is 0.0398. The number of thiophene rings is 1. The molecule has 0 spiro atoms. The van der Waals surface area contributed by atoms with Crippen LogP contribution in [0.5, 0.6) is 0 Å². The van der Waals surface area contributed by atoms with E-state index in [1.165, 1.54) is 76.9 Å². The normalized spacial score (nSPS) is 18.7. The van der Waals surface area contributed by atoms with Gasteiger partial charge in [-0.1, -0.05) is 266 Å². The number of rotatable bonds is 40. The van der Waals surface area contributed by atoms with Gasteiger partial charge in [-0.05, 0) is 182 Å². The van der Waals surface area contributed by atoms with Gasteiger partial charge >= 0.3 is 11.9 Å². The first-order chi connectivity index (χ1) is 47.4. The number of ketones is 2. The molecular formula is C85H157IO11SSi5. The Labute approximate surface area is 657 Å². The van der Waals surface area contributed by atoms with E-state index in [-0.39, 0.29) is 74.1 Å². The molecule has 0 saturated heterocycles. The minimum Gasteiger partial charge on any atom is -0.469 e. The highest BCUT2D eigenvalue weighted by Crippen LogP contribution is 2.45. The van der Waals surface area contributed by atoms with Gasteiger partial charge in [0.15, 0.2) is 47.4 Å². The van der Waals surface area contributed by atoms with Crippen LogP contribution in [0.1, 0.15) is 271 Å². The third kappa shape index (κ3) is 40.5. The van der Waals surface area contributed by atoms with Crippen molar-refractivity contribution in [3.63, 3.8) is 0 Å². The second kappa shape index (κ2) is 48.6. The molecule has 1 heterocycles. The first kappa shape index (κ1) is 101. The molecule has 2 aliphatic rings. The van der Waals surface area contributed by atoms with E-state index in [0.29, 0.717) is 55.5 Å². The molecule has 596 valence electrons. The zero-order valence-electron chi connectivity index (χ0n) is 71.7. The highest BCUT2D eigenvalue weighted by atomic mass is 127. The molecule has 5 unspecified atom stereocenters. The summed E-state index contributed by atoms with van der Waals surface area (Å²) in [6.07, 6.45) is 44.1. The number of carbonyl (C=O) groups is 4. The third-order valence-corrected chi connectivity index (χ3v) is 46.3. The number of esters is 2. The fraction of sp³-hybridized carbons (Fsp3) is 0.765. The molecule has 18 heteroatoms. The zero-order chi connectivity index (χ0) is 79.3. The van der Waals surface area contributed by atoms with E-state index in [2.05, 4.69) is 282 Å². The topological polar surface area (TPSA) is 133 Å². The maximum Gasteiger partial charge on any atom is 0.305 e. The molecular weight excluding hydrogens is 1500 g/mol. The average molecular weight is 1650 g/mol. The summed E-state index contributed by atoms with van der Waals surface area (Å²) in [4.78, 5) is 49.3. The van der Waals surface area contributed by atoms with E-state index in [0.717, 1.165) is 56.9 Å². The maximum atomic E-state index is 13.4. The fourth-order valence-corrected chi connectivity index (χ4v) is 18.1. The molecule has 11 nitrogen and oxygen atoms in total. The Kier molecular flexibility index (Phi) is 47.7. The van der Waals surface area contributed by atoms with Crippen LogP contribution in [0.2, 0.25) is 90.7 Å². The number of ether oxygens (including phenoxy) is 2. The van der Waals surface area contributed by atoms with Crippen LogP contribution in [0, 0.1) is 11.8 Å². The summed E-state index contributed by atoms with van der Waals surface area (Å²) in [5, 5.41) is 3.09. The van der Waals surface area contributed by atoms with Crippen LogP contribution in [-0.4, -0.2) is 110 Å². The largest absolute Gasteiger partial charge is 0.469 e. The summed E-state index contributed by atoms with van der Waals surface area (Å²) >= 11 is 4.12. The quantitative estimate of drug-likeness (QED) is 0.0204. The van der Waals surface area contributed by atoms with Crippen LogP contribution in [0.15, 0.2) is 87.9 Å². The van der Waals surface area contributed by atoms with Crippen LogP contribution in [-0.2, 0) is 57.2 Å². The number of carbonyl (C=O) groups excluding carboxylic acids is 4. The summed E-state index contributed by atoms with van der Waals surface area (Å²) in [5.41, 5.74) is 0.850. The van der Waals surface area contributed by atoms with Crippen molar-refractivity contribution in [1.29, 1.82) is 0 Å². The first-order valence-electron chi connectivity index (χ1n) is 39.7. The van der Waals surface area contributed by atoms with E-state index in [4.69, 9.17) is 26.9 Å². The van der Waals surface area contributed by atoms with Gasteiger partial charge in [0.05, 0.1) is 44.7 Å². The first-order valence-corrected chi connectivity index (χ1v) is 56.3. The monoisotopic (exact) mass is 1650 g/mol. The summed E-state index contributed by atoms with van der Waals surface area (Å²) in [5.74, 6) is 0.0831. The van der Waals surface area contributed by atoms with Crippen molar-refractivity contribution in [3.8, 4) is 0 Å². The molecule has 0 radical (unpaired) electrons. The predicted octanol–water partition coefficient (Wildman–Crippen LogP) is 26.7. The van der Waals surface area contributed by atoms with Gasteiger partial charge in [-0.25, -0.2) is 0 Å². The highest BCUT2D eigenvalue weighted by molar-refractivity contribution is 14.1. The lowest BCUT2D eigenvalue weighted by molar-refractivity contribution is -0.141. The summed E-state index contributed by atoms with van der Waals surface area (Å²) in [7, 11) is -6.34. The lowest BCUT2D eigenvalue weighted by Gasteiger charge is -2.40. The number of methoxy groups -OCH3 is 2. The van der Waals surface area contributed by atoms with Gasteiger partial charge in [0.25, 0.3) is 0 Å². The van der Waals surface area contributed by atoms with E-state index < -0.39 is 41.6 Å². The Morgan fingerprint density at radius 2 is 0.942 bits per heavy atom. The molecule has 0 aliphatic heterocycles. The van der Waals surface area contributed by atoms with Crippen molar-refractivity contribution in [1.82, 2.24) is 0 Å². The van der Waals surface area contributed by atoms with Gasteiger partial charge in [0, 0.05) is 42.4 Å². The van der Waals surface area contributed by atoms with Gasteiger partial charge in [0.2, 0.25) is 0 Å². The standard InChI is InChI=1S/C33H62O5Si2.C19H32O4Si.C19H34OSSi.C14H29IOSi/c1-13-14-17-20-26(37-39(9,10)32(2,3)4)23-24-28-27(21-18-15-16-19-22-31(35)36-8)29(34)25-30(28)38-40(11,12)33(5,6)7;1-19(2,3)24(5,6)23-16-13-15(17(20)14-16)11-9-7-8-10-12-18(21)22-4;1-7-8-9-12-17(20-22(5,6)19(2,3)4)13-10-14-18-15-11-16-21-18;1-7-8-9-10-13(11-12-15)16-17(5,6)14(2,3)4/h15,18,23-24,26-28,30H,13-14,16-17,19-22,25H2,1-12H3;7,9,13,16H,8,10-12,14H2,1-6H3;10-11,13,15-17H,7-9,12,14H2,1-6H3;11-13H,7-10H2,1-6H3/b18-15-,24-23+;9-7-;13-10+;12-11+/t26?,27-,28-,30?;;;/m1.../s1. The van der Waals surface area contributed by atoms with Crippen LogP contribution < -0.4 is 0 Å². The zero-order valence-corrected chi connectivity index (χ0v) is 79.6. The smallest absolute Gasteiger partial charge is 0.305 e. The summed E-state index contributed by atoms with van der Waals surface area (Å²) in [6, 6.07) is 4.33. The molecule has 0 aromatic carbocycles. The van der Waals surface area contributed by atoms with Crippen LogP contribution in [0.4, 0.5) is 0 Å². The lowest BCUT2D eigenvalue weighted by Crippen LogP contribution is -2.45. The Balaban J connectivity index is 0.00000142. The van der Waals surface area contributed by atoms with Crippen molar-refractivity contribution in [2.45, 2.75) is 393 Å². The van der Waals surface area contributed by atoms with E-state index in [1.54, 1.807) is 0 Å². The molecule has 1 aromatic heterocycles. The molecule has 0 amide bonds. The van der Waals surface area contributed by atoms with Crippen LogP contribution in [0.3, 0.4) is 0 Å². The van der Waals surface area contributed by atoms with Crippen molar-refractivity contribution in [3.05, 3.63) is 92.8 Å². The van der Waals surface area contributed by atoms with E-state index in [9.17, 15) is 19.2 Å². The maximum absolute atomic E-state index is 13.4. The van der Waals surface area contributed by atoms with Crippen LogP contribution >= 0.6 is 33.9 Å². The molecule has 0 N–H and O–H groups in total. The van der Waals surface area contributed by atoms with Crippen molar-refractivity contribution >= 4 is 99.0 Å². The highest BCUT2D eigenvalue weighted by Gasteiger charge is 2.48. The Morgan fingerprint density at radius 3 is 1.34 bits per heavy atom. The second-order valence-corrected chi connectivity index (χ2v) is 62.0. The lowest BCUT2D eigenvalue weighted by atomic mass is 9.90. The van der Waals surface area contributed by atoms with Gasteiger partial charge in [0.1, 0.15) is 5.78 Å². The number of hydrogen-bond acceptors (Lipinski definition) is 12. The number of allylic oxidation sites excluding steroid dienone is 6. The molecule has 7 atom stereocenters. The molecule has 1 fully saturated rings. The SMILES string of the molecule is CCCCCC(/C=C/Cc1cccs1)O[Si](C)(C)C(C)(C)C.CCCCCC(/C=C/I)O[Si](C)(C)C(C)(C)C.CCCCCC(/C=C/[C@H]1C(O[Si](C)(C)C(C)(C)C)CC(=O)[C@@H]1C/C=C\CCCC(=O)OC)O[Si](C)(C)C(C)(C)C.COC(=O)CCC/C=C\CC1=CC(O[Si](C)(C)C(C)(C)C)CC1=O. The molecule has 3 rings (SSSR count). The summed E-state index contributed by atoms with van der Waals surface area (Å²) in [6.45, 7) is 63.9. The predicted molar refractivity (Wildman–Crippen MR) is 466 cm³/mol. The second-order valence-electron chi connectivity index (χ2n) is 36.5. The fourth-order valence-electron chi connectivity index (χ4n) is 10.4. The number of unbranched alkanes of at least 4 members (excludes halogenated alkanes) is 8. The van der Waals surface area contributed by atoms with Crippen molar-refractivity contribution in [2.75, 3.05) is 14.2 Å². The van der Waals surface area contributed by atoms with Crippen LogP contribution in [0.25, 0.3) is 0 Å². The summed E-state index contributed by atoms with van der Waals surface area (Å²) < 4.78 is 44.6. The molecule has 1 saturated carbocycles. The van der Waals surface area contributed by atoms with E-state index in [1.807, 2.05) is 29.6 Å². The Hall–Kier alpha value is -1.97. The molecule has 103 heavy (non-hydrogen) atoms. The molecule has 0 bridgehead atoms. The number of hydrogen-bond donors (Lipinski definition) is 0. The molecule has 1 aromatic rings. The number of halogens is 1.